The molecule has 0 radical (unpaired) electrons. The minimum Gasteiger partial charge on any atom is -0.457 e. The van der Waals surface area contributed by atoms with Gasteiger partial charge >= 0.3 is 0 Å². The lowest BCUT2D eigenvalue weighted by molar-refractivity contribution is -0.123. The molecule has 4 rings (SSSR count). The van der Waals surface area contributed by atoms with Gasteiger partial charge < -0.3 is 4.42 Å². The molecule has 0 N–H and O–H groups in total. The van der Waals surface area contributed by atoms with Crippen molar-refractivity contribution < 1.29 is 14.0 Å². The number of rotatable bonds is 4. The molecule has 2 aromatic carbocycles. The standard InChI is InChI=1S/C21H15NO3S/c23-20-19(26-21(24)22(20)14-15-7-3-1-4-8-15)13-17-11-12-18(25-17)16-9-5-2-6-10-16/h1-13H,14H2/b19-13-. The van der Waals surface area contributed by atoms with E-state index in [1.54, 1.807) is 12.1 Å². The van der Waals surface area contributed by atoms with E-state index in [0.717, 1.165) is 28.6 Å². The Morgan fingerprint density at radius 3 is 2.31 bits per heavy atom. The van der Waals surface area contributed by atoms with Crippen LogP contribution in [0.2, 0.25) is 0 Å². The van der Waals surface area contributed by atoms with Gasteiger partial charge in [-0.3, -0.25) is 14.5 Å². The molecule has 0 atom stereocenters. The van der Waals surface area contributed by atoms with E-state index in [2.05, 4.69) is 0 Å². The Labute approximate surface area is 155 Å². The maximum Gasteiger partial charge on any atom is 0.293 e. The number of hydrogen-bond acceptors (Lipinski definition) is 4. The van der Waals surface area contributed by atoms with Crippen molar-refractivity contribution in [3.8, 4) is 11.3 Å². The maximum absolute atomic E-state index is 12.6. The molecule has 0 spiro atoms. The molecule has 0 aliphatic carbocycles. The minimum absolute atomic E-state index is 0.264. The summed E-state index contributed by atoms with van der Waals surface area (Å²) in [5, 5.41) is -0.264. The van der Waals surface area contributed by atoms with Crippen LogP contribution in [0.25, 0.3) is 17.4 Å². The van der Waals surface area contributed by atoms with E-state index < -0.39 is 0 Å². The number of amides is 2. The van der Waals surface area contributed by atoms with E-state index in [1.165, 1.54) is 4.90 Å². The topological polar surface area (TPSA) is 50.5 Å². The lowest BCUT2D eigenvalue weighted by Gasteiger charge is -2.11. The van der Waals surface area contributed by atoms with Gasteiger partial charge in [-0.25, -0.2) is 0 Å². The molecule has 1 aliphatic rings. The van der Waals surface area contributed by atoms with E-state index in [-0.39, 0.29) is 17.7 Å². The molecule has 1 aliphatic heterocycles. The third-order valence-electron chi connectivity index (χ3n) is 4.02. The van der Waals surface area contributed by atoms with Crippen molar-refractivity contribution in [1.82, 2.24) is 4.90 Å². The number of benzene rings is 2. The van der Waals surface area contributed by atoms with Crippen molar-refractivity contribution in [3.05, 3.63) is 89.0 Å². The fraction of sp³-hybridized carbons (Fsp3) is 0.0476. The summed E-state index contributed by atoms with van der Waals surface area (Å²) in [7, 11) is 0. The second-order valence-corrected chi connectivity index (χ2v) is 6.81. The zero-order chi connectivity index (χ0) is 17.9. The highest BCUT2D eigenvalue weighted by Crippen LogP contribution is 2.34. The Hall–Kier alpha value is -3.05. The van der Waals surface area contributed by atoms with Crippen LogP contribution in [0, 0.1) is 0 Å². The van der Waals surface area contributed by atoms with E-state index in [0.29, 0.717) is 10.7 Å². The molecule has 1 saturated heterocycles. The van der Waals surface area contributed by atoms with E-state index >= 15 is 0 Å². The van der Waals surface area contributed by atoms with Crippen LogP contribution in [0.1, 0.15) is 11.3 Å². The van der Waals surface area contributed by atoms with Crippen LogP contribution in [0.5, 0.6) is 0 Å². The summed E-state index contributed by atoms with van der Waals surface area (Å²) in [6.07, 6.45) is 1.63. The number of imide groups is 1. The van der Waals surface area contributed by atoms with Gasteiger partial charge in [0, 0.05) is 11.6 Å². The van der Waals surface area contributed by atoms with Gasteiger partial charge in [-0.1, -0.05) is 60.7 Å². The Balaban J connectivity index is 1.54. The van der Waals surface area contributed by atoms with Crippen molar-refractivity contribution in [2.75, 3.05) is 0 Å². The zero-order valence-electron chi connectivity index (χ0n) is 13.8. The van der Waals surface area contributed by atoms with Crippen LogP contribution in [-0.4, -0.2) is 16.0 Å². The van der Waals surface area contributed by atoms with Crippen molar-refractivity contribution >= 4 is 29.0 Å². The molecular formula is C21H15NO3S. The van der Waals surface area contributed by atoms with Crippen LogP contribution < -0.4 is 0 Å². The summed E-state index contributed by atoms with van der Waals surface area (Å²) >= 11 is 0.939. The predicted octanol–water partition coefficient (Wildman–Crippen LogP) is 5.18. The van der Waals surface area contributed by atoms with Gasteiger partial charge in [0.25, 0.3) is 11.1 Å². The monoisotopic (exact) mass is 361 g/mol. The van der Waals surface area contributed by atoms with Crippen molar-refractivity contribution in [1.29, 1.82) is 0 Å². The SMILES string of the molecule is O=C1S/C(=C\c2ccc(-c3ccccc3)o2)C(=O)N1Cc1ccccc1. The lowest BCUT2D eigenvalue weighted by Crippen LogP contribution is -2.27. The number of nitrogens with zero attached hydrogens (tertiary/aromatic N) is 1. The van der Waals surface area contributed by atoms with Crippen LogP contribution >= 0.6 is 11.8 Å². The second kappa shape index (κ2) is 7.06. The molecule has 2 amide bonds. The number of furan rings is 1. The summed E-state index contributed by atoms with van der Waals surface area (Å²) in [5.41, 5.74) is 1.88. The first-order chi connectivity index (χ1) is 12.7. The molecular weight excluding hydrogens is 346 g/mol. The average molecular weight is 361 g/mol. The smallest absolute Gasteiger partial charge is 0.293 e. The summed E-state index contributed by atoms with van der Waals surface area (Å²) in [6, 6.07) is 22.8. The van der Waals surface area contributed by atoms with E-state index in [4.69, 9.17) is 4.42 Å². The van der Waals surface area contributed by atoms with Crippen LogP contribution in [0.15, 0.2) is 82.1 Å². The number of carbonyl (C=O) groups is 2. The summed E-state index contributed by atoms with van der Waals surface area (Å²) in [6.45, 7) is 0.274. The summed E-state index contributed by atoms with van der Waals surface area (Å²) in [5.74, 6) is 0.982. The van der Waals surface area contributed by atoms with Crippen molar-refractivity contribution in [2.24, 2.45) is 0 Å². The summed E-state index contributed by atoms with van der Waals surface area (Å²) in [4.78, 5) is 26.4. The van der Waals surface area contributed by atoms with Gasteiger partial charge in [0.2, 0.25) is 0 Å². The minimum atomic E-state index is -0.290. The normalized spacial score (nSPS) is 15.8. The Morgan fingerprint density at radius 1 is 0.885 bits per heavy atom. The molecule has 1 fully saturated rings. The van der Waals surface area contributed by atoms with Crippen LogP contribution in [-0.2, 0) is 11.3 Å². The first-order valence-corrected chi connectivity index (χ1v) is 8.97. The molecule has 0 saturated carbocycles. The Bertz CT molecular complexity index is 977. The molecule has 26 heavy (non-hydrogen) atoms. The highest BCUT2D eigenvalue weighted by Gasteiger charge is 2.35. The van der Waals surface area contributed by atoms with Gasteiger partial charge in [-0.2, -0.15) is 0 Å². The molecule has 0 unspecified atom stereocenters. The fourth-order valence-electron chi connectivity index (χ4n) is 2.72. The largest absolute Gasteiger partial charge is 0.457 e. The first-order valence-electron chi connectivity index (χ1n) is 8.15. The van der Waals surface area contributed by atoms with E-state index in [1.807, 2.05) is 66.7 Å². The van der Waals surface area contributed by atoms with E-state index in [9.17, 15) is 9.59 Å². The van der Waals surface area contributed by atoms with Gasteiger partial charge in [0.05, 0.1) is 11.4 Å². The van der Waals surface area contributed by atoms with Gasteiger partial charge in [0.1, 0.15) is 11.5 Å². The second-order valence-electron chi connectivity index (χ2n) is 5.82. The van der Waals surface area contributed by atoms with Crippen molar-refractivity contribution in [2.45, 2.75) is 6.54 Å². The van der Waals surface area contributed by atoms with Gasteiger partial charge in [0.15, 0.2) is 0 Å². The predicted molar refractivity (Wildman–Crippen MR) is 102 cm³/mol. The number of thioether (sulfide) groups is 1. The Kier molecular flexibility index (Phi) is 4.46. The quantitative estimate of drug-likeness (QED) is 0.601. The molecule has 5 heteroatoms. The van der Waals surface area contributed by atoms with Crippen molar-refractivity contribution in [3.63, 3.8) is 0 Å². The summed E-state index contributed by atoms with van der Waals surface area (Å²) < 4.78 is 5.80. The molecule has 4 nitrogen and oxygen atoms in total. The zero-order valence-corrected chi connectivity index (χ0v) is 14.6. The molecule has 128 valence electrons. The molecule has 1 aromatic heterocycles. The Morgan fingerprint density at radius 2 is 1.58 bits per heavy atom. The number of hydrogen-bond donors (Lipinski definition) is 0. The molecule has 3 aromatic rings. The van der Waals surface area contributed by atoms with Gasteiger partial charge in [-0.05, 0) is 29.5 Å². The van der Waals surface area contributed by atoms with Crippen LogP contribution in [0.4, 0.5) is 4.79 Å². The third kappa shape index (κ3) is 3.34. The maximum atomic E-state index is 12.6. The fourth-order valence-corrected chi connectivity index (χ4v) is 3.54. The van der Waals surface area contributed by atoms with Crippen LogP contribution in [0.3, 0.4) is 0 Å². The lowest BCUT2D eigenvalue weighted by atomic mass is 10.2. The molecule has 2 heterocycles. The average Bonchev–Trinajstić information content (AvgIpc) is 3.24. The molecule has 0 bridgehead atoms. The first kappa shape index (κ1) is 16.4. The highest BCUT2D eigenvalue weighted by molar-refractivity contribution is 8.18. The number of carbonyl (C=O) groups excluding carboxylic acids is 2. The third-order valence-corrected chi connectivity index (χ3v) is 4.92. The highest BCUT2D eigenvalue weighted by atomic mass is 32.2. The van der Waals surface area contributed by atoms with Gasteiger partial charge in [-0.15, -0.1) is 0 Å².